The summed E-state index contributed by atoms with van der Waals surface area (Å²) in [5.41, 5.74) is 0.747. The van der Waals surface area contributed by atoms with E-state index in [1.165, 1.54) is 0 Å². The fourth-order valence-electron chi connectivity index (χ4n) is 2.57. The van der Waals surface area contributed by atoms with Gasteiger partial charge in [-0.15, -0.1) is 0 Å². The van der Waals surface area contributed by atoms with Crippen LogP contribution in [-0.4, -0.2) is 29.3 Å². The minimum absolute atomic E-state index is 0.160. The number of rotatable bonds is 7. The number of para-hydroxylation sites is 1. The third-order valence-corrected chi connectivity index (χ3v) is 3.59. The number of hydrogen-bond acceptors (Lipinski definition) is 4. The van der Waals surface area contributed by atoms with Gasteiger partial charge in [0, 0.05) is 24.9 Å². The summed E-state index contributed by atoms with van der Waals surface area (Å²) in [5.74, 6) is 0.267. The van der Waals surface area contributed by atoms with E-state index in [1.54, 1.807) is 6.07 Å². The number of fused-ring (bicyclic) bond motifs is 1. The van der Waals surface area contributed by atoms with Gasteiger partial charge in [-0.25, -0.2) is 4.79 Å². The summed E-state index contributed by atoms with van der Waals surface area (Å²) in [5, 5.41) is 11.2. The molecule has 0 aliphatic carbocycles. The first-order valence-corrected chi connectivity index (χ1v) is 7.86. The van der Waals surface area contributed by atoms with Crippen molar-refractivity contribution in [3.8, 4) is 11.5 Å². The Morgan fingerprint density at radius 1 is 1.30 bits per heavy atom. The zero-order valence-corrected chi connectivity index (χ0v) is 13.6. The number of hydrogen-bond donors (Lipinski definition) is 2. The van der Waals surface area contributed by atoms with Crippen molar-refractivity contribution >= 4 is 12.1 Å². The molecule has 0 aromatic heterocycles. The number of nitrogens with one attached hydrogen (secondary N) is 1. The molecule has 1 aromatic carbocycles. The quantitative estimate of drug-likeness (QED) is 0.754. The Bertz CT molecular complexity index is 582. The molecule has 0 spiro atoms. The summed E-state index contributed by atoms with van der Waals surface area (Å²) in [6, 6.07) is 5.53. The van der Waals surface area contributed by atoms with Gasteiger partial charge >= 0.3 is 12.1 Å². The van der Waals surface area contributed by atoms with E-state index in [-0.39, 0.29) is 12.0 Å². The molecule has 126 valence electrons. The van der Waals surface area contributed by atoms with Crippen LogP contribution >= 0.6 is 0 Å². The van der Waals surface area contributed by atoms with E-state index in [2.05, 4.69) is 5.32 Å². The number of benzene rings is 1. The predicted octanol–water partition coefficient (Wildman–Crippen LogP) is 3.13. The highest BCUT2D eigenvalue weighted by Crippen LogP contribution is 2.41. The van der Waals surface area contributed by atoms with Crippen LogP contribution in [0.15, 0.2) is 18.2 Å². The molecule has 1 aliphatic rings. The number of aliphatic carboxylic acids is 1. The lowest BCUT2D eigenvalue weighted by Crippen LogP contribution is -2.28. The third kappa shape index (κ3) is 5.16. The number of amides is 1. The lowest BCUT2D eigenvalue weighted by Gasteiger charge is -2.18. The number of carboxylic acids is 1. The molecule has 2 N–H and O–H groups in total. The van der Waals surface area contributed by atoms with E-state index in [0.717, 1.165) is 24.8 Å². The molecule has 0 saturated heterocycles. The molecule has 1 aliphatic heterocycles. The van der Waals surface area contributed by atoms with Crippen molar-refractivity contribution < 1.29 is 24.2 Å². The molecule has 1 heterocycles. The van der Waals surface area contributed by atoms with Crippen molar-refractivity contribution in [3.63, 3.8) is 0 Å². The second-order valence-electron chi connectivity index (χ2n) is 6.30. The van der Waals surface area contributed by atoms with Gasteiger partial charge in [0.1, 0.15) is 5.60 Å². The number of carboxylic acid groups (broad SMARTS) is 1. The second-order valence-corrected chi connectivity index (χ2v) is 6.30. The van der Waals surface area contributed by atoms with Gasteiger partial charge in [-0.2, -0.15) is 0 Å². The van der Waals surface area contributed by atoms with Crippen LogP contribution in [0.5, 0.6) is 11.5 Å². The molecule has 0 unspecified atom stereocenters. The van der Waals surface area contributed by atoms with Gasteiger partial charge in [0.15, 0.2) is 11.5 Å². The van der Waals surface area contributed by atoms with Crippen molar-refractivity contribution in [1.82, 2.24) is 5.32 Å². The summed E-state index contributed by atoms with van der Waals surface area (Å²) >= 11 is 0. The zero-order valence-electron chi connectivity index (χ0n) is 13.6. The number of carbonyl (C=O) groups is 2. The van der Waals surface area contributed by atoms with E-state index < -0.39 is 12.1 Å². The van der Waals surface area contributed by atoms with Gasteiger partial charge in [0.25, 0.3) is 0 Å². The fourth-order valence-corrected chi connectivity index (χ4v) is 2.57. The molecule has 6 nitrogen and oxygen atoms in total. The van der Waals surface area contributed by atoms with E-state index >= 15 is 0 Å². The molecule has 0 saturated carbocycles. The van der Waals surface area contributed by atoms with E-state index in [1.807, 2.05) is 26.0 Å². The molecule has 1 amide bonds. The Labute approximate surface area is 135 Å². The van der Waals surface area contributed by atoms with Crippen LogP contribution in [0.4, 0.5) is 4.79 Å². The molecule has 0 fully saturated rings. The first kappa shape index (κ1) is 17.1. The number of carbonyl (C=O) groups excluding carboxylic acids is 1. The van der Waals surface area contributed by atoms with Crippen LogP contribution in [0, 0.1) is 0 Å². The summed E-state index contributed by atoms with van der Waals surface area (Å²) in [6.45, 7) is 4.45. The maximum absolute atomic E-state index is 11.8. The van der Waals surface area contributed by atoms with Crippen LogP contribution in [0.2, 0.25) is 0 Å². The molecule has 23 heavy (non-hydrogen) atoms. The molecule has 0 radical (unpaired) electrons. The summed E-state index contributed by atoms with van der Waals surface area (Å²) in [7, 11) is 0. The molecular weight excluding hydrogens is 298 g/mol. The molecule has 0 bridgehead atoms. The zero-order chi connectivity index (χ0) is 16.9. The van der Waals surface area contributed by atoms with Crippen LogP contribution in [0.25, 0.3) is 0 Å². The van der Waals surface area contributed by atoms with Gasteiger partial charge in [-0.3, -0.25) is 4.79 Å². The standard InChI is InChI=1S/C17H23NO5/c1-17(2)11-12-7-6-8-13(15(12)23-17)22-16(21)18-10-5-3-4-9-14(19)20/h6-8H,3-5,9-11H2,1-2H3,(H,18,21)(H,19,20). The second kappa shape index (κ2) is 7.35. The SMILES string of the molecule is CC1(C)Cc2cccc(OC(=O)NCCCCCC(=O)O)c2O1. The van der Waals surface area contributed by atoms with Crippen molar-refractivity contribution in [3.05, 3.63) is 23.8 Å². The van der Waals surface area contributed by atoms with Crippen LogP contribution in [-0.2, 0) is 11.2 Å². The number of unbranched alkanes of at least 4 members (excludes halogenated alkanes) is 2. The van der Waals surface area contributed by atoms with Gasteiger partial charge < -0.3 is 19.9 Å². The minimum Gasteiger partial charge on any atom is -0.483 e. The summed E-state index contributed by atoms with van der Waals surface area (Å²) < 4.78 is 11.2. The molecule has 1 aromatic rings. The normalized spacial score (nSPS) is 14.7. The van der Waals surface area contributed by atoms with Crippen molar-refractivity contribution in [2.45, 2.75) is 51.6 Å². The van der Waals surface area contributed by atoms with Crippen molar-refractivity contribution in [2.75, 3.05) is 6.54 Å². The summed E-state index contributed by atoms with van der Waals surface area (Å²) in [4.78, 5) is 22.2. The van der Waals surface area contributed by atoms with E-state index in [0.29, 0.717) is 24.5 Å². The van der Waals surface area contributed by atoms with Gasteiger partial charge in [-0.05, 0) is 32.8 Å². The Balaban J connectivity index is 1.77. The summed E-state index contributed by atoms with van der Waals surface area (Å²) in [6.07, 6.45) is 2.51. The Kier molecular flexibility index (Phi) is 5.47. The smallest absolute Gasteiger partial charge is 0.412 e. The predicted molar refractivity (Wildman–Crippen MR) is 85.0 cm³/mol. The highest BCUT2D eigenvalue weighted by atomic mass is 16.6. The molecule has 2 rings (SSSR count). The first-order valence-electron chi connectivity index (χ1n) is 7.86. The Morgan fingerprint density at radius 3 is 2.83 bits per heavy atom. The van der Waals surface area contributed by atoms with Crippen molar-refractivity contribution in [1.29, 1.82) is 0 Å². The number of ether oxygens (including phenoxy) is 2. The average Bonchev–Trinajstić information content (AvgIpc) is 2.77. The van der Waals surface area contributed by atoms with E-state index in [9.17, 15) is 9.59 Å². The Morgan fingerprint density at radius 2 is 2.09 bits per heavy atom. The maximum Gasteiger partial charge on any atom is 0.412 e. The lowest BCUT2D eigenvalue weighted by atomic mass is 10.0. The minimum atomic E-state index is -0.793. The van der Waals surface area contributed by atoms with Gasteiger partial charge in [0.05, 0.1) is 0 Å². The van der Waals surface area contributed by atoms with Gasteiger partial charge in [0.2, 0.25) is 0 Å². The third-order valence-electron chi connectivity index (χ3n) is 3.59. The first-order chi connectivity index (χ1) is 10.9. The highest BCUT2D eigenvalue weighted by Gasteiger charge is 2.32. The maximum atomic E-state index is 11.8. The topological polar surface area (TPSA) is 84.9 Å². The van der Waals surface area contributed by atoms with Crippen LogP contribution < -0.4 is 14.8 Å². The van der Waals surface area contributed by atoms with E-state index in [4.69, 9.17) is 14.6 Å². The molecular formula is C17H23NO5. The molecule has 0 atom stereocenters. The lowest BCUT2D eigenvalue weighted by molar-refractivity contribution is -0.137. The average molecular weight is 321 g/mol. The monoisotopic (exact) mass is 321 g/mol. The van der Waals surface area contributed by atoms with Crippen LogP contribution in [0.3, 0.4) is 0 Å². The van der Waals surface area contributed by atoms with Gasteiger partial charge in [-0.1, -0.05) is 18.6 Å². The largest absolute Gasteiger partial charge is 0.483 e. The highest BCUT2D eigenvalue weighted by molar-refractivity contribution is 5.72. The van der Waals surface area contributed by atoms with Crippen molar-refractivity contribution in [2.24, 2.45) is 0 Å². The van der Waals surface area contributed by atoms with Crippen LogP contribution in [0.1, 0.15) is 45.1 Å². The Hall–Kier alpha value is -2.24. The molecule has 6 heteroatoms. The fraction of sp³-hybridized carbons (Fsp3) is 0.529.